The molecule has 0 aromatic rings. The van der Waals surface area contributed by atoms with Crippen molar-refractivity contribution in [3.8, 4) is 0 Å². The van der Waals surface area contributed by atoms with Crippen LogP contribution >= 0.6 is 0 Å². The number of rotatable bonds is 3. The van der Waals surface area contributed by atoms with Crippen molar-refractivity contribution < 1.29 is 9.59 Å². The fraction of sp³-hybridized carbons (Fsp3) is 0.333. The van der Waals surface area contributed by atoms with Crippen molar-refractivity contribution in [3.05, 3.63) is 12.2 Å². The molecule has 0 saturated carbocycles. The Balaban J connectivity index is 3.69. The summed E-state index contributed by atoms with van der Waals surface area (Å²) in [6.45, 7) is 1.76. The minimum absolute atomic E-state index is 0.542. The Hall–Kier alpha value is -0.920. The Bertz CT molecular complexity index is 97.1. The number of aldehydes is 2. The smallest absolute Gasteiger partial charge is 0.133 e. The van der Waals surface area contributed by atoms with Crippen molar-refractivity contribution >= 4 is 12.6 Å². The first-order valence-corrected chi connectivity index (χ1v) is 2.38. The molecule has 0 aromatic carbocycles. The summed E-state index contributed by atoms with van der Waals surface area (Å²) in [5.74, 6) is -0.542. The molecular weight excluding hydrogens is 104 g/mol. The summed E-state index contributed by atoms with van der Waals surface area (Å²) in [5.41, 5.74) is 0. The Morgan fingerprint density at radius 1 is 1.25 bits per heavy atom. The monoisotopic (exact) mass is 112 g/mol. The number of hydrogen-bond acceptors (Lipinski definition) is 2. The van der Waals surface area contributed by atoms with E-state index in [0.717, 1.165) is 0 Å². The van der Waals surface area contributed by atoms with Crippen molar-refractivity contribution in [2.75, 3.05) is 0 Å². The summed E-state index contributed by atoms with van der Waals surface area (Å²) in [5, 5.41) is 0. The standard InChI is InChI=1S/C6H8O2/c1-2-3-6(4-7)5-8/h2-6H,1H3. The van der Waals surface area contributed by atoms with Crippen molar-refractivity contribution in [1.82, 2.24) is 0 Å². The molecule has 2 heteroatoms. The molecule has 0 bridgehead atoms. The molecule has 0 spiro atoms. The van der Waals surface area contributed by atoms with Gasteiger partial charge in [-0.05, 0) is 6.92 Å². The Morgan fingerprint density at radius 2 is 1.75 bits per heavy atom. The van der Waals surface area contributed by atoms with Crippen molar-refractivity contribution in [2.24, 2.45) is 5.92 Å². The lowest BCUT2D eigenvalue weighted by molar-refractivity contribution is -0.117. The lowest BCUT2D eigenvalue weighted by Crippen LogP contribution is -1.97. The van der Waals surface area contributed by atoms with Gasteiger partial charge in [0.1, 0.15) is 12.6 Å². The van der Waals surface area contributed by atoms with Crippen LogP contribution in [0.15, 0.2) is 12.2 Å². The van der Waals surface area contributed by atoms with Crippen molar-refractivity contribution in [2.45, 2.75) is 6.92 Å². The zero-order chi connectivity index (χ0) is 6.41. The molecule has 0 amide bonds. The maximum atomic E-state index is 9.84. The van der Waals surface area contributed by atoms with Gasteiger partial charge in [-0.2, -0.15) is 0 Å². The van der Waals surface area contributed by atoms with Crippen LogP contribution in [0.25, 0.3) is 0 Å². The van der Waals surface area contributed by atoms with Crippen LogP contribution in [-0.2, 0) is 9.59 Å². The lowest BCUT2D eigenvalue weighted by Gasteiger charge is -1.85. The largest absolute Gasteiger partial charge is 0.302 e. The molecular formula is C6H8O2. The van der Waals surface area contributed by atoms with Gasteiger partial charge in [0.2, 0.25) is 0 Å². The zero-order valence-corrected chi connectivity index (χ0v) is 4.70. The number of hydrogen-bond donors (Lipinski definition) is 0. The van der Waals surface area contributed by atoms with Crippen molar-refractivity contribution in [3.63, 3.8) is 0 Å². The molecule has 0 aliphatic carbocycles. The summed E-state index contributed by atoms with van der Waals surface area (Å²) in [6, 6.07) is 0. The molecule has 0 rings (SSSR count). The summed E-state index contributed by atoms with van der Waals surface area (Å²) in [7, 11) is 0. The highest BCUT2D eigenvalue weighted by molar-refractivity contribution is 5.79. The molecule has 0 atom stereocenters. The molecule has 0 fully saturated rings. The second-order valence-electron chi connectivity index (χ2n) is 1.38. The van der Waals surface area contributed by atoms with Gasteiger partial charge in [-0.15, -0.1) is 0 Å². The molecule has 8 heavy (non-hydrogen) atoms. The normalized spacial score (nSPS) is 10.2. The van der Waals surface area contributed by atoms with E-state index in [2.05, 4.69) is 0 Å². The molecule has 0 aliphatic rings. The van der Waals surface area contributed by atoms with Gasteiger partial charge in [0.25, 0.3) is 0 Å². The van der Waals surface area contributed by atoms with Crippen molar-refractivity contribution in [1.29, 1.82) is 0 Å². The quantitative estimate of drug-likeness (QED) is 0.304. The molecule has 0 radical (unpaired) electrons. The third kappa shape index (κ3) is 2.29. The van der Waals surface area contributed by atoms with Gasteiger partial charge in [-0.25, -0.2) is 0 Å². The van der Waals surface area contributed by atoms with Gasteiger partial charge in [0, 0.05) is 0 Å². The van der Waals surface area contributed by atoms with Crippen LogP contribution in [0.1, 0.15) is 6.92 Å². The average Bonchev–Trinajstić information content (AvgIpc) is 1.83. The van der Waals surface area contributed by atoms with Crippen LogP contribution in [0.5, 0.6) is 0 Å². The molecule has 0 heterocycles. The van der Waals surface area contributed by atoms with E-state index in [1.807, 2.05) is 0 Å². The average molecular weight is 112 g/mol. The Morgan fingerprint density at radius 3 is 1.88 bits per heavy atom. The molecule has 44 valence electrons. The first kappa shape index (κ1) is 7.08. The van der Waals surface area contributed by atoms with Crippen LogP contribution in [0.2, 0.25) is 0 Å². The highest BCUT2D eigenvalue weighted by Crippen LogP contribution is 1.86. The van der Waals surface area contributed by atoms with Crippen LogP contribution < -0.4 is 0 Å². The van der Waals surface area contributed by atoms with E-state index in [9.17, 15) is 9.59 Å². The van der Waals surface area contributed by atoms with E-state index in [4.69, 9.17) is 0 Å². The van der Waals surface area contributed by atoms with Crippen LogP contribution in [0.4, 0.5) is 0 Å². The van der Waals surface area contributed by atoms with Gasteiger partial charge in [0.05, 0.1) is 5.92 Å². The SMILES string of the molecule is CC=CC(C=O)C=O. The Labute approximate surface area is 48.2 Å². The minimum Gasteiger partial charge on any atom is -0.302 e. The number of carbonyl (C=O) groups is 2. The molecule has 0 N–H and O–H groups in total. The van der Waals surface area contributed by atoms with E-state index in [0.29, 0.717) is 12.6 Å². The lowest BCUT2D eigenvalue weighted by atomic mass is 10.2. The first-order valence-electron chi connectivity index (χ1n) is 2.38. The molecule has 0 unspecified atom stereocenters. The topological polar surface area (TPSA) is 34.1 Å². The van der Waals surface area contributed by atoms with Crippen LogP contribution in [0.3, 0.4) is 0 Å². The highest BCUT2D eigenvalue weighted by atomic mass is 16.1. The zero-order valence-electron chi connectivity index (χ0n) is 4.70. The molecule has 0 aliphatic heterocycles. The third-order valence-electron chi connectivity index (χ3n) is 0.729. The summed E-state index contributed by atoms with van der Waals surface area (Å²) in [4.78, 5) is 19.7. The fourth-order valence-electron chi connectivity index (χ4n) is 0.345. The maximum absolute atomic E-state index is 9.84. The van der Waals surface area contributed by atoms with E-state index >= 15 is 0 Å². The second-order valence-corrected chi connectivity index (χ2v) is 1.38. The highest BCUT2D eigenvalue weighted by Gasteiger charge is 1.94. The molecule has 0 saturated heterocycles. The molecule has 0 aromatic heterocycles. The maximum Gasteiger partial charge on any atom is 0.133 e. The van der Waals surface area contributed by atoms with Gasteiger partial charge in [-0.3, -0.25) is 0 Å². The Kier molecular flexibility index (Phi) is 3.76. The third-order valence-corrected chi connectivity index (χ3v) is 0.729. The van der Waals surface area contributed by atoms with E-state index in [1.165, 1.54) is 0 Å². The summed E-state index contributed by atoms with van der Waals surface area (Å²) >= 11 is 0. The van der Waals surface area contributed by atoms with Crippen LogP contribution in [0, 0.1) is 5.92 Å². The van der Waals surface area contributed by atoms with E-state index in [-0.39, 0.29) is 0 Å². The first-order chi connectivity index (χ1) is 3.85. The van der Waals surface area contributed by atoms with Crippen LogP contribution in [-0.4, -0.2) is 12.6 Å². The number of allylic oxidation sites excluding steroid dienone is 2. The van der Waals surface area contributed by atoms with Gasteiger partial charge in [0.15, 0.2) is 0 Å². The molecule has 2 nitrogen and oxygen atoms in total. The number of carbonyl (C=O) groups excluding carboxylic acids is 2. The van der Waals surface area contributed by atoms with Gasteiger partial charge >= 0.3 is 0 Å². The predicted octanol–water partition coefficient (Wildman–Crippen LogP) is 0.577. The van der Waals surface area contributed by atoms with E-state index in [1.54, 1.807) is 19.1 Å². The van der Waals surface area contributed by atoms with Gasteiger partial charge < -0.3 is 9.59 Å². The summed E-state index contributed by atoms with van der Waals surface area (Å²) < 4.78 is 0. The predicted molar refractivity (Wildman–Crippen MR) is 30.4 cm³/mol. The fourth-order valence-corrected chi connectivity index (χ4v) is 0.345. The van der Waals surface area contributed by atoms with Gasteiger partial charge in [-0.1, -0.05) is 12.2 Å². The minimum atomic E-state index is -0.542. The summed E-state index contributed by atoms with van der Waals surface area (Å²) in [6.07, 6.45) is 4.42. The van der Waals surface area contributed by atoms with E-state index < -0.39 is 5.92 Å². The second kappa shape index (κ2) is 4.24.